The average molecular weight is 904 g/mol. The van der Waals surface area contributed by atoms with Gasteiger partial charge in [0.05, 0.1) is 25.4 Å². The summed E-state index contributed by atoms with van der Waals surface area (Å²) in [6.07, 6.45) is 37.7. The maximum atomic E-state index is 13.0. The van der Waals surface area contributed by atoms with E-state index < -0.39 is 59.9 Å². The number of rotatable bonds is 43. The highest BCUT2D eigenvalue weighted by molar-refractivity contribution is 7.80. The molecule has 7 atom stereocenters. The van der Waals surface area contributed by atoms with Crippen molar-refractivity contribution in [3.05, 3.63) is 24.3 Å². The molecule has 1 heterocycles. The third-order valence-electron chi connectivity index (χ3n) is 12.0. The van der Waals surface area contributed by atoms with Gasteiger partial charge in [0, 0.05) is 6.42 Å². The van der Waals surface area contributed by atoms with Crippen molar-refractivity contribution >= 4 is 16.3 Å². The Morgan fingerprint density at radius 1 is 0.645 bits per heavy atom. The Morgan fingerprint density at radius 2 is 1.08 bits per heavy atom. The summed E-state index contributed by atoms with van der Waals surface area (Å²) in [7, 11) is -5.07. The van der Waals surface area contributed by atoms with Crippen molar-refractivity contribution in [2.24, 2.45) is 0 Å². The summed E-state index contributed by atoms with van der Waals surface area (Å²) in [4.78, 5) is 13.0. The lowest BCUT2D eigenvalue weighted by Crippen LogP contribution is -2.61. The number of aliphatic hydroxyl groups is 4. The molecular formula is C49H93NO11S. The Balaban J connectivity index is 2.34. The normalized spacial score (nSPS) is 20.7. The van der Waals surface area contributed by atoms with Crippen LogP contribution in [0, 0.1) is 0 Å². The van der Waals surface area contributed by atoms with Crippen molar-refractivity contribution < 1.29 is 51.8 Å². The monoisotopic (exact) mass is 904 g/mol. The van der Waals surface area contributed by atoms with Crippen molar-refractivity contribution in [3.8, 4) is 0 Å². The van der Waals surface area contributed by atoms with Crippen LogP contribution in [0.15, 0.2) is 24.3 Å². The average Bonchev–Trinajstić information content (AvgIpc) is 3.24. The van der Waals surface area contributed by atoms with Gasteiger partial charge in [-0.1, -0.05) is 199 Å². The SMILES string of the molecule is CCCCCCCCCCC/C=C\C/C=C\CCCCCCCCCCCC(=O)NC(COC1OC(CO)C(O)C(OS(=O)(=O)O)C1O)C(O)CCCCCCCCCCCC. The zero-order chi connectivity index (χ0) is 45.5. The van der Waals surface area contributed by atoms with Crippen molar-refractivity contribution in [2.75, 3.05) is 13.2 Å². The first kappa shape index (κ1) is 58.6. The van der Waals surface area contributed by atoms with E-state index in [1.54, 1.807) is 0 Å². The number of unbranched alkanes of at least 4 members (excludes halogenated alkanes) is 27. The van der Waals surface area contributed by atoms with Crippen molar-refractivity contribution in [1.82, 2.24) is 5.32 Å². The van der Waals surface area contributed by atoms with Gasteiger partial charge in [0.25, 0.3) is 0 Å². The summed E-state index contributed by atoms with van der Waals surface area (Å²) < 4.78 is 47.6. The summed E-state index contributed by atoms with van der Waals surface area (Å²) in [6, 6.07) is -0.858. The second-order valence-electron chi connectivity index (χ2n) is 17.8. The third kappa shape index (κ3) is 32.3. The first-order chi connectivity index (χ1) is 30.0. The Hall–Kier alpha value is -1.42. The smallest absolute Gasteiger partial charge is 0.394 e. The summed E-state index contributed by atoms with van der Waals surface area (Å²) in [5.74, 6) is -0.235. The van der Waals surface area contributed by atoms with Gasteiger partial charge in [0.15, 0.2) is 6.29 Å². The van der Waals surface area contributed by atoms with E-state index in [0.717, 1.165) is 57.8 Å². The molecule has 13 heteroatoms. The molecule has 0 aromatic rings. The van der Waals surface area contributed by atoms with Gasteiger partial charge in [-0.3, -0.25) is 9.35 Å². The van der Waals surface area contributed by atoms with Gasteiger partial charge >= 0.3 is 10.4 Å². The van der Waals surface area contributed by atoms with E-state index in [2.05, 4.69) is 47.7 Å². The summed E-state index contributed by atoms with van der Waals surface area (Å²) in [5, 5.41) is 44.8. The predicted molar refractivity (Wildman–Crippen MR) is 250 cm³/mol. The molecule has 0 saturated carbocycles. The van der Waals surface area contributed by atoms with Crippen LogP contribution in [0.4, 0.5) is 0 Å². The lowest BCUT2D eigenvalue weighted by atomic mass is 9.99. The fourth-order valence-corrected chi connectivity index (χ4v) is 8.59. The molecule has 0 aliphatic carbocycles. The lowest BCUT2D eigenvalue weighted by Gasteiger charge is -2.41. The molecule has 12 nitrogen and oxygen atoms in total. The number of hydrogen-bond donors (Lipinski definition) is 6. The molecule has 0 radical (unpaired) electrons. The molecule has 1 aliphatic heterocycles. The van der Waals surface area contributed by atoms with Crippen LogP contribution in [0.3, 0.4) is 0 Å². The van der Waals surface area contributed by atoms with Crippen molar-refractivity contribution in [3.63, 3.8) is 0 Å². The van der Waals surface area contributed by atoms with Crippen molar-refractivity contribution in [1.29, 1.82) is 0 Å². The van der Waals surface area contributed by atoms with Crippen LogP contribution >= 0.6 is 0 Å². The van der Waals surface area contributed by atoms with E-state index in [1.165, 1.54) is 135 Å². The van der Waals surface area contributed by atoms with Gasteiger partial charge in [-0.05, 0) is 44.9 Å². The molecule has 62 heavy (non-hydrogen) atoms. The highest BCUT2D eigenvalue weighted by Crippen LogP contribution is 2.26. The number of hydrogen-bond acceptors (Lipinski definition) is 10. The van der Waals surface area contributed by atoms with Gasteiger partial charge in [-0.2, -0.15) is 8.42 Å². The van der Waals surface area contributed by atoms with Gasteiger partial charge in [0.1, 0.15) is 24.4 Å². The lowest BCUT2D eigenvalue weighted by molar-refractivity contribution is -0.298. The van der Waals surface area contributed by atoms with Crippen molar-refractivity contribution in [2.45, 2.75) is 269 Å². The largest absolute Gasteiger partial charge is 0.397 e. The number of aliphatic hydroxyl groups excluding tert-OH is 4. The quantitative estimate of drug-likeness (QED) is 0.0194. The van der Waals surface area contributed by atoms with Gasteiger partial charge in [0.2, 0.25) is 5.91 Å². The summed E-state index contributed by atoms with van der Waals surface area (Å²) >= 11 is 0. The molecule has 6 N–H and O–H groups in total. The molecule has 1 fully saturated rings. The Morgan fingerprint density at radius 3 is 1.53 bits per heavy atom. The second kappa shape index (κ2) is 39.9. The van der Waals surface area contributed by atoms with E-state index in [4.69, 9.17) is 9.47 Å². The molecule has 1 saturated heterocycles. The number of allylic oxidation sites excluding steroid dienone is 4. The highest BCUT2D eigenvalue weighted by Gasteiger charge is 2.48. The van der Waals surface area contributed by atoms with E-state index in [0.29, 0.717) is 12.8 Å². The third-order valence-corrected chi connectivity index (χ3v) is 12.5. The van der Waals surface area contributed by atoms with Crippen LogP contribution in [-0.2, 0) is 28.9 Å². The maximum Gasteiger partial charge on any atom is 0.397 e. The maximum absolute atomic E-state index is 13.0. The van der Waals surface area contributed by atoms with Crippen LogP contribution in [0.25, 0.3) is 0 Å². The van der Waals surface area contributed by atoms with Gasteiger partial charge in [-0.15, -0.1) is 0 Å². The van der Waals surface area contributed by atoms with E-state index in [-0.39, 0.29) is 18.9 Å². The predicted octanol–water partition coefficient (Wildman–Crippen LogP) is 10.5. The molecule has 0 aromatic carbocycles. The number of carbonyl (C=O) groups excluding carboxylic acids is 1. The highest BCUT2D eigenvalue weighted by atomic mass is 32.3. The number of amides is 1. The van der Waals surface area contributed by atoms with Crippen LogP contribution < -0.4 is 5.32 Å². The molecule has 0 bridgehead atoms. The van der Waals surface area contributed by atoms with E-state index in [1.807, 2.05) is 0 Å². The standard InChI is InChI=1S/C49H93NO11S/c1-3-5-7-9-11-13-15-16-17-18-19-20-21-22-23-24-25-26-27-28-29-31-33-35-37-39-45(53)50-42(43(52)38-36-34-32-30-14-12-10-8-6-4-2)41-59-49-47(55)48(61-62(56,57)58)46(54)44(40-51)60-49/h19-20,22-23,42-44,46-49,51-52,54-55H,3-18,21,24-41H2,1-2H3,(H,50,53)(H,56,57,58)/b20-19-,23-22-. The molecule has 0 spiro atoms. The Labute approximate surface area is 378 Å². The van der Waals surface area contributed by atoms with E-state index >= 15 is 0 Å². The zero-order valence-electron chi connectivity index (χ0n) is 39.2. The van der Waals surface area contributed by atoms with Gasteiger partial charge < -0.3 is 35.2 Å². The minimum atomic E-state index is -5.07. The molecule has 366 valence electrons. The van der Waals surface area contributed by atoms with E-state index in [9.17, 15) is 38.2 Å². The van der Waals surface area contributed by atoms with Crippen LogP contribution in [-0.4, -0.2) is 95.4 Å². The first-order valence-electron chi connectivity index (χ1n) is 25.2. The fourth-order valence-electron chi connectivity index (χ4n) is 8.08. The second-order valence-corrected chi connectivity index (χ2v) is 18.8. The minimum absolute atomic E-state index is 0.235. The number of carbonyl (C=O) groups is 1. The molecule has 7 unspecified atom stereocenters. The fraction of sp³-hybridized carbons (Fsp3) is 0.898. The topological polar surface area (TPSA) is 192 Å². The molecule has 1 rings (SSSR count). The molecule has 1 amide bonds. The minimum Gasteiger partial charge on any atom is -0.394 e. The van der Waals surface area contributed by atoms with Crippen LogP contribution in [0.5, 0.6) is 0 Å². The number of nitrogens with one attached hydrogen (secondary N) is 1. The Kier molecular flexibility index (Phi) is 37.7. The number of ether oxygens (including phenoxy) is 2. The first-order valence-corrected chi connectivity index (χ1v) is 26.6. The van der Waals surface area contributed by atoms with Gasteiger partial charge in [-0.25, -0.2) is 4.18 Å². The summed E-state index contributed by atoms with van der Waals surface area (Å²) in [5.41, 5.74) is 0. The molecular weight excluding hydrogens is 811 g/mol. The van der Waals surface area contributed by atoms with Crippen LogP contribution in [0.1, 0.15) is 226 Å². The summed E-state index contributed by atoms with van der Waals surface area (Å²) in [6.45, 7) is 3.43. The Bertz CT molecular complexity index is 1200. The molecule has 1 aliphatic rings. The molecule has 0 aromatic heterocycles. The zero-order valence-corrected chi connectivity index (χ0v) is 40.0. The van der Waals surface area contributed by atoms with Crippen LogP contribution in [0.2, 0.25) is 0 Å².